The van der Waals surface area contributed by atoms with Crippen LogP contribution in [0.15, 0.2) is 18.3 Å². The van der Waals surface area contributed by atoms with Gasteiger partial charge in [0.25, 0.3) is 0 Å². The van der Waals surface area contributed by atoms with Crippen molar-refractivity contribution in [1.82, 2.24) is 9.97 Å². The summed E-state index contributed by atoms with van der Waals surface area (Å²) in [6.45, 7) is 0. The van der Waals surface area contributed by atoms with Crippen molar-refractivity contribution in [2.75, 3.05) is 10.7 Å². The molecule has 0 aliphatic carbocycles. The highest BCUT2D eigenvalue weighted by Gasteiger charge is 2.18. The Bertz CT molecular complexity index is 691. The molecule has 1 aromatic heterocycles. The van der Waals surface area contributed by atoms with Crippen molar-refractivity contribution in [3.63, 3.8) is 0 Å². The second kappa shape index (κ2) is 6.04. The first kappa shape index (κ1) is 15.2. The van der Waals surface area contributed by atoms with Crippen molar-refractivity contribution in [3.05, 3.63) is 44.3 Å². The molecule has 0 saturated heterocycles. The number of hydrogen-bond donors (Lipinski definition) is 3. The molecule has 2 aromatic rings. The lowest BCUT2D eigenvalue weighted by molar-refractivity contribution is -0.384. The van der Waals surface area contributed by atoms with Crippen LogP contribution in [0.1, 0.15) is 0 Å². The maximum absolute atomic E-state index is 13.3. The largest absolute Gasteiger partial charge is 0.334 e. The monoisotopic (exact) mass is 332 g/mol. The molecule has 2 rings (SSSR count). The van der Waals surface area contributed by atoms with Crippen LogP contribution < -0.4 is 16.6 Å². The van der Waals surface area contributed by atoms with Gasteiger partial charge in [-0.2, -0.15) is 4.98 Å². The van der Waals surface area contributed by atoms with Gasteiger partial charge in [0, 0.05) is 5.69 Å². The van der Waals surface area contributed by atoms with Gasteiger partial charge in [0.05, 0.1) is 15.0 Å². The molecule has 0 aliphatic rings. The minimum atomic E-state index is -0.787. The summed E-state index contributed by atoms with van der Waals surface area (Å²) in [7, 11) is 0. The van der Waals surface area contributed by atoms with Crippen molar-refractivity contribution in [3.8, 4) is 0 Å². The second-order valence-electron chi connectivity index (χ2n) is 3.71. The molecule has 21 heavy (non-hydrogen) atoms. The smallest absolute Gasteiger partial charge is 0.329 e. The van der Waals surface area contributed by atoms with E-state index < -0.39 is 16.4 Å². The van der Waals surface area contributed by atoms with E-state index in [0.717, 1.165) is 6.20 Å². The molecule has 0 atom stereocenters. The average molecular weight is 333 g/mol. The van der Waals surface area contributed by atoms with Gasteiger partial charge in [-0.3, -0.25) is 15.5 Å². The van der Waals surface area contributed by atoms with Crippen LogP contribution >= 0.6 is 23.2 Å². The summed E-state index contributed by atoms with van der Waals surface area (Å²) in [6.07, 6.45) is 0.970. The molecule has 1 aromatic carbocycles. The van der Waals surface area contributed by atoms with E-state index in [4.69, 9.17) is 29.0 Å². The Balaban J connectivity index is 2.45. The molecule has 0 unspecified atom stereocenters. The SMILES string of the molecule is NNc1ncc([N+](=O)[O-])c(Nc2cc(Cl)c(F)c(Cl)c2)n1. The molecule has 110 valence electrons. The first-order chi connectivity index (χ1) is 9.92. The maximum Gasteiger partial charge on any atom is 0.329 e. The van der Waals surface area contributed by atoms with Crippen molar-refractivity contribution < 1.29 is 9.31 Å². The lowest BCUT2D eigenvalue weighted by Gasteiger charge is -2.09. The Labute approximate surface area is 127 Å². The molecule has 11 heteroatoms. The van der Waals surface area contributed by atoms with E-state index in [1.165, 1.54) is 12.1 Å². The standard InChI is InChI=1S/C10H7Cl2FN6O2/c11-5-1-4(2-6(12)8(5)13)16-9-7(19(20)21)3-15-10(17-9)18-14/h1-3H,14H2,(H2,15,16,17,18). The Hall–Kier alpha value is -2.23. The van der Waals surface area contributed by atoms with Gasteiger partial charge in [-0.05, 0) is 12.1 Å². The van der Waals surface area contributed by atoms with Gasteiger partial charge in [-0.25, -0.2) is 15.2 Å². The molecule has 0 fully saturated rings. The summed E-state index contributed by atoms with van der Waals surface area (Å²) in [6, 6.07) is 2.42. The van der Waals surface area contributed by atoms with Crippen LogP contribution in [0.2, 0.25) is 10.0 Å². The highest BCUT2D eigenvalue weighted by atomic mass is 35.5. The number of hydrogen-bond acceptors (Lipinski definition) is 7. The number of nitro groups is 1. The van der Waals surface area contributed by atoms with Crippen molar-refractivity contribution in [2.45, 2.75) is 0 Å². The second-order valence-corrected chi connectivity index (χ2v) is 4.52. The van der Waals surface area contributed by atoms with E-state index in [1.54, 1.807) is 0 Å². The molecular formula is C10H7Cl2FN6O2. The van der Waals surface area contributed by atoms with E-state index in [2.05, 4.69) is 20.7 Å². The van der Waals surface area contributed by atoms with Crippen LogP contribution in [-0.4, -0.2) is 14.9 Å². The molecule has 4 N–H and O–H groups in total. The average Bonchev–Trinajstić information content (AvgIpc) is 2.44. The van der Waals surface area contributed by atoms with Gasteiger partial charge in [-0.1, -0.05) is 23.2 Å². The first-order valence-electron chi connectivity index (χ1n) is 5.32. The van der Waals surface area contributed by atoms with Gasteiger partial charge < -0.3 is 5.32 Å². The zero-order chi connectivity index (χ0) is 15.6. The highest BCUT2D eigenvalue weighted by molar-refractivity contribution is 6.35. The molecule has 0 saturated carbocycles. The van der Waals surface area contributed by atoms with Crippen LogP contribution in [0.3, 0.4) is 0 Å². The van der Waals surface area contributed by atoms with Crippen molar-refractivity contribution >= 4 is 46.3 Å². The number of anilines is 3. The van der Waals surface area contributed by atoms with E-state index in [9.17, 15) is 14.5 Å². The molecule has 0 aliphatic heterocycles. The number of nitrogens with zero attached hydrogens (tertiary/aromatic N) is 3. The molecule has 0 radical (unpaired) electrons. The minimum Gasteiger partial charge on any atom is -0.334 e. The van der Waals surface area contributed by atoms with Crippen LogP contribution in [-0.2, 0) is 0 Å². The summed E-state index contributed by atoms with van der Waals surface area (Å²) in [5.74, 6) is 4.16. The number of benzene rings is 1. The van der Waals surface area contributed by atoms with Crippen LogP contribution in [0.5, 0.6) is 0 Å². The Morgan fingerprint density at radius 1 is 1.33 bits per heavy atom. The number of rotatable bonds is 4. The zero-order valence-electron chi connectivity index (χ0n) is 10.1. The lowest BCUT2D eigenvalue weighted by atomic mass is 10.3. The summed E-state index contributed by atoms with van der Waals surface area (Å²) < 4.78 is 13.3. The molecule has 1 heterocycles. The summed E-state index contributed by atoms with van der Waals surface area (Å²) in [5.41, 5.74) is 1.98. The number of hydrazine groups is 1. The fourth-order valence-corrected chi connectivity index (χ4v) is 1.92. The predicted octanol–water partition coefficient (Wildman–Crippen LogP) is 2.86. The van der Waals surface area contributed by atoms with Gasteiger partial charge in [0.2, 0.25) is 11.8 Å². The summed E-state index contributed by atoms with van der Waals surface area (Å²) in [4.78, 5) is 17.7. The van der Waals surface area contributed by atoms with E-state index in [1.807, 2.05) is 0 Å². The normalized spacial score (nSPS) is 10.3. The summed E-state index contributed by atoms with van der Waals surface area (Å²) in [5, 5.41) is 13.1. The van der Waals surface area contributed by atoms with Crippen LogP contribution in [0.25, 0.3) is 0 Å². The Kier molecular flexibility index (Phi) is 4.36. The number of nitrogen functional groups attached to an aromatic ring is 1. The molecule has 0 bridgehead atoms. The molecule has 8 nitrogen and oxygen atoms in total. The van der Waals surface area contributed by atoms with Gasteiger partial charge in [0.1, 0.15) is 6.20 Å². The number of nitrogens with one attached hydrogen (secondary N) is 2. The fraction of sp³-hybridized carbons (Fsp3) is 0. The van der Waals surface area contributed by atoms with Gasteiger partial charge in [0.15, 0.2) is 5.82 Å². The first-order valence-corrected chi connectivity index (χ1v) is 6.07. The molecule has 0 amide bonds. The minimum absolute atomic E-state index is 0.0394. The third-order valence-corrected chi connectivity index (χ3v) is 2.89. The van der Waals surface area contributed by atoms with Crippen LogP contribution in [0, 0.1) is 15.9 Å². The van der Waals surface area contributed by atoms with Crippen molar-refractivity contribution in [2.24, 2.45) is 5.84 Å². The highest BCUT2D eigenvalue weighted by Crippen LogP contribution is 2.31. The maximum atomic E-state index is 13.3. The van der Waals surface area contributed by atoms with E-state index in [-0.39, 0.29) is 27.5 Å². The third kappa shape index (κ3) is 3.27. The Morgan fingerprint density at radius 2 is 1.95 bits per heavy atom. The number of halogens is 3. The van der Waals surface area contributed by atoms with E-state index >= 15 is 0 Å². The lowest BCUT2D eigenvalue weighted by Crippen LogP contribution is -2.12. The third-order valence-electron chi connectivity index (χ3n) is 2.34. The zero-order valence-corrected chi connectivity index (χ0v) is 11.6. The van der Waals surface area contributed by atoms with Crippen LogP contribution in [0.4, 0.5) is 27.5 Å². The molecule has 0 spiro atoms. The quantitative estimate of drug-likeness (QED) is 0.341. The van der Waals surface area contributed by atoms with Gasteiger partial charge >= 0.3 is 5.69 Å². The summed E-state index contributed by atoms with van der Waals surface area (Å²) >= 11 is 11.3. The number of aromatic nitrogens is 2. The Morgan fingerprint density at radius 3 is 2.48 bits per heavy atom. The number of nitrogens with two attached hydrogens (primary N) is 1. The van der Waals surface area contributed by atoms with Crippen molar-refractivity contribution in [1.29, 1.82) is 0 Å². The molecular weight excluding hydrogens is 326 g/mol. The van der Waals surface area contributed by atoms with E-state index in [0.29, 0.717) is 0 Å². The topological polar surface area (TPSA) is 119 Å². The van der Waals surface area contributed by atoms with Gasteiger partial charge in [-0.15, -0.1) is 0 Å². The predicted molar refractivity (Wildman–Crippen MR) is 76.2 cm³/mol. The fourth-order valence-electron chi connectivity index (χ4n) is 1.44.